The predicted molar refractivity (Wildman–Crippen MR) is 68.6 cm³/mol. The van der Waals surface area contributed by atoms with Gasteiger partial charge in [-0.05, 0) is 36.8 Å². The fourth-order valence-corrected chi connectivity index (χ4v) is 3.50. The molecular formula is C14H15N3O2. The van der Waals surface area contributed by atoms with Crippen molar-refractivity contribution >= 4 is 11.8 Å². The number of carboxylic acids is 1. The molecule has 5 nitrogen and oxygen atoms in total. The van der Waals surface area contributed by atoms with Gasteiger partial charge in [0.05, 0.1) is 11.6 Å². The van der Waals surface area contributed by atoms with Crippen LogP contribution in [0.3, 0.4) is 0 Å². The maximum atomic E-state index is 11.5. The Morgan fingerprint density at radius 3 is 3.11 bits per heavy atom. The highest BCUT2D eigenvalue weighted by molar-refractivity contribution is 5.79. The van der Waals surface area contributed by atoms with Crippen molar-refractivity contribution in [2.45, 2.75) is 25.3 Å². The van der Waals surface area contributed by atoms with Crippen molar-refractivity contribution in [2.75, 3.05) is 11.4 Å². The van der Waals surface area contributed by atoms with Crippen molar-refractivity contribution < 1.29 is 9.90 Å². The first-order chi connectivity index (χ1) is 9.20. The second-order valence-electron chi connectivity index (χ2n) is 5.30. The van der Waals surface area contributed by atoms with Crippen molar-refractivity contribution in [3.05, 3.63) is 23.9 Å². The van der Waals surface area contributed by atoms with Gasteiger partial charge in [-0.15, -0.1) is 0 Å². The van der Waals surface area contributed by atoms with Crippen molar-refractivity contribution in [1.29, 1.82) is 5.26 Å². The highest BCUT2D eigenvalue weighted by Gasteiger charge is 2.48. The van der Waals surface area contributed by atoms with E-state index < -0.39 is 12.0 Å². The summed E-state index contributed by atoms with van der Waals surface area (Å²) in [6.45, 7) is 0.740. The van der Waals surface area contributed by atoms with E-state index in [-0.39, 0.29) is 5.92 Å². The van der Waals surface area contributed by atoms with E-state index in [2.05, 4.69) is 11.1 Å². The molecule has 1 aliphatic heterocycles. The van der Waals surface area contributed by atoms with Gasteiger partial charge in [0.1, 0.15) is 11.9 Å². The van der Waals surface area contributed by atoms with E-state index in [9.17, 15) is 9.90 Å². The predicted octanol–water partition coefficient (Wildman–Crippen LogP) is 1.64. The Hall–Kier alpha value is -2.09. The molecule has 0 amide bonds. The molecule has 1 saturated heterocycles. The Morgan fingerprint density at radius 1 is 1.53 bits per heavy atom. The zero-order valence-electron chi connectivity index (χ0n) is 10.5. The highest BCUT2D eigenvalue weighted by Crippen LogP contribution is 2.43. The standard InChI is InChI=1S/C14H15N3O2/c15-7-9-4-5-16-12(6-9)17-8-10-2-1-3-11(10)13(17)14(18)19/h4-6,10-11,13H,1-3,8H2,(H,18,19). The third-order valence-electron chi connectivity index (χ3n) is 4.31. The average Bonchev–Trinajstić information content (AvgIpc) is 2.98. The lowest BCUT2D eigenvalue weighted by molar-refractivity contribution is -0.139. The van der Waals surface area contributed by atoms with Crippen LogP contribution in [0, 0.1) is 23.2 Å². The van der Waals surface area contributed by atoms with Crippen LogP contribution in [0.15, 0.2) is 18.3 Å². The van der Waals surface area contributed by atoms with Crippen LogP contribution >= 0.6 is 0 Å². The minimum Gasteiger partial charge on any atom is -0.480 e. The normalized spacial score (nSPS) is 29.0. The number of hydrogen-bond acceptors (Lipinski definition) is 4. The molecule has 5 heteroatoms. The van der Waals surface area contributed by atoms with Gasteiger partial charge in [-0.3, -0.25) is 0 Å². The molecule has 3 unspecified atom stereocenters. The van der Waals surface area contributed by atoms with Gasteiger partial charge in [0, 0.05) is 12.7 Å². The van der Waals surface area contributed by atoms with E-state index in [1.165, 1.54) is 0 Å². The lowest BCUT2D eigenvalue weighted by atomic mass is 9.94. The number of rotatable bonds is 2. The monoisotopic (exact) mass is 257 g/mol. The summed E-state index contributed by atoms with van der Waals surface area (Å²) in [5.41, 5.74) is 0.520. The summed E-state index contributed by atoms with van der Waals surface area (Å²) < 4.78 is 0. The second kappa shape index (κ2) is 4.54. The topological polar surface area (TPSA) is 77.2 Å². The van der Waals surface area contributed by atoms with E-state index in [4.69, 9.17) is 5.26 Å². The van der Waals surface area contributed by atoms with Gasteiger partial charge >= 0.3 is 5.97 Å². The van der Waals surface area contributed by atoms with Crippen LogP contribution in [0.4, 0.5) is 5.82 Å². The van der Waals surface area contributed by atoms with Gasteiger partial charge < -0.3 is 10.0 Å². The summed E-state index contributed by atoms with van der Waals surface area (Å²) in [5.74, 6) is 0.512. The molecule has 98 valence electrons. The number of nitrogens with zero attached hydrogens (tertiary/aromatic N) is 3. The molecule has 0 bridgehead atoms. The summed E-state index contributed by atoms with van der Waals surface area (Å²) in [7, 11) is 0. The van der Waals surface area contributed by atoms with Gasteiger partial charge in [0.2, 0.25) is 0 Å². The van der Waals surface area contributed by atoms with E-state index in [0.29, 0.717) is 17.3 Å². The highest BCUT2D eigenvalue weighted by atomic mass is 16.4. The molecule has 0 radical (unpaired) electrons. The Labute approximate surface area is 111 Å². The first kappa shape index (κ1) is 12.0. The number of aromatic nitrogens is 1. The first-order valence-electron chi connectivity index (χ1n) is 6.56. The van der Waals surface area contributed by atoms with Crippen LogP contribution < -0.4 is 4.90 Å². The first-order valence-corrected chi connectivity index (χ1v) is 6.56. The summed E-state index contributed by atoms with van der Waals surface area (Å²) in [6, 6.07) is 4.89. The molecule has 2 heterocycles. The number of carbonyl (C=O) groups is 1. The van der Waals surface area contributed by atoms with Gasteiger partial charge in [0.15, 0.2) is 0 Å². The Morgan fingerprint density at radius 2 is 2.37 bits per heavy atom. The lowest BCUT2D eigenvalue weighted by Crippen LogP contribution is -2.40. The van der Waals surface area contributed by atoms with Crippen molar-refractivity contribution in [3.8, 4) is 6.07 Å². The van der Waals surface area contributed by atoms with Crippen LogP contribution in [-0.2, 0) is 4.79 Å². The molecule has 1 aromatic heterocycles. The third-order valence-corrected chi connectivity index (χ3v) is 4.31. The molecular weight excluding hydrogens is 242 g/mol. The third kappa shape index (κ3) is 1.93. The zero-order valence-corrected chi connectivity index (χ0v) is 10.5. The number of fused-ring (bicyclic) bond motifs is 1. The van der Waals surface area contributed by atoms with Gasteiger partial charge in [-0.2, -0.15) is 5.26 Å². The Kier molecular flexibility index (Phi) is 2.86. The van der Waals surface area contributed by atoms with E-state index >= 15 is 0 Å². The minimum atomic E-state index is -0.779. The zero-order chi connectivity index (χ0) is 13.4. The summed E-state index contributed by atoms with van der Waals surface area (Å²) in [6.07, 6.45) is 4.78. The van der Waals surface area contributed by atoms with Gasteiger partial charge in [-0.1, -0.05) is 6.42 Å². The molecule has 19 heavy (non-hydrogen) atoms. The van der Waals surface area contributed by atoms with Crippen LogP contribution in [0.2, 0.25) is 0 Å². The fraction of sp³-hybridized carbons (Fsp3) is 0.500. The molecule has 1 aromatic rings. The maximum absolute atomic E-state index is 11.5. The second-order valence-corrected chi connectivity index (χ2v) is 5.30. The summed E-state index contributed by atoms with van der Waals surface area (Å²) in [4.78, 5) is 17.6. The van der Waals surface area contributed by atoms with Crippen LogP contribution in [-0.4, -0.2) is 28.6 Å². The van der Waals surface area contributed by atoms with Crippen LogP contribution in [0.25, 0.3) is 0 Å². The smallest absolute Gasteiger partial charge is 0.326 e. The van der Waals surface area contributed by atoms with Crippen LogP contribution in [0.1, 0.15) is 24.8 Å². The van der Waals surface area contributed by atoms with E-state index in [1.807, 2.05) is 4.90 Å². The van der Waals surface area contributed by atoms with Gasteiger partial charge in [-0.25, -0.2) is 9.78 Å². The number of pyridine rings is 1. The molecule has 0 aromatic carbocycles. The van der Waals surface area contributed by atoms with Gasteiger partial charge in [0.25, 0.3) is 0 Å². The fourth-order valence-electron chi connectivity index (χ4n) is 3.50. The molecule has 1 saturated carbocycles. The quantitative estimate of drug-likeness (QED) is 0.871. The van der Waals surface area contributed by atoms with Crippen LogP contribution in [0.5, 0.6) is 0 Å². The SMILES string of the molecule is N#Cc1ccnc(N2CC3CCCC3C2C(=O)O)c1. The molecule has 1 N–H and O–H groups in total. The number of hydrogen-bond donors (Lipinski definition) is 1. The largest absolute Gasteiger partial charge is 0.480 e. The van der Waals surface area contributed by atoms with E-state index in [1.54, 1.807) is 18.3 Å². The summed E-state index contributed by atoms with van der Waals surface area (Å²) >= 11 is 0. The number of nitriles is 1. The number of anilines is 1. The average molecular weight is 257 g/mol. The summed E-state index contributed by atoms with van der Waals surface area (Å²) in [5, 5.41) is 18.4. The van der Waals surface area contributed by atoms with E-state index in [0.717, 1.165) is 25.8 Å². The Balaban J connectivity index is 1.95. The number of aliphatic carboxylic acids is 1. The molecule has 3 atom stereocenters. The maximum Gasteiger partial charge on any atom is 0.326 e. The molecule has 3 rings (SSSR count). The lowest BCUT2D eigenvalue weighted by Gasteiger charge is -2.25. The molecule has 0 spiro atoms. The number of carboxylic acid groups (broad SMARTS) is 1. The molecule has 2 aliphatic rings. The Bertz CT molecular complexity index is 552. The van der Waals surface area contributed by atoms with Crippen molar-refractivity contribution in [3.63, 3.8) is 0 Å². The molecule has 2 fully saturated rings. The van der Waals surface area contributed by atoms with Crippen molar-refractivity contribution in [1.82, 2.24) is 4.98 Å². The van der Waals surface area contributed by atoms with Crippen molar-refractivity contribution in [2.24, 2.45) is 11.8 Å². The minimum absolute atomic E-state index is 0.227. The molecule has 1 aliphatic carbocycles.